The molecule has 6 heteroatoms. The number of likely N-dealkylation sites (tertiary alicyclic amines) is 1. The lowest BCUT2D eigenvalue weighted by Gasteiger charge is -2.34. The summed E-state index contributed by atoms with van der Waals surface area (Å²) < 4.78 is 0. The molecule has 1 saturated heterocycles. The summed E-state index contributed by atoms with van der Waals surface area (Å²) in [6.45, 7) is 3.40. The lowest BCUT2D eigenvalue weighted by atomic mass is 10.0. The second-order valence-corrected chi connectivity index (χ2v) is 5.39. The molecule has 19 heavy (non-hydrogen) atoms. The van der Waals surface area contributed by atoms with Crippen LogP contribution in [-0.4, -0.2) is 39.2 Å². The maximum Gasteiger partial charge on any atom is 0.318 e. The molecule has 2 aliphatic rings. The fraction of sp³-hybridized carbons (Fsp3) is 0.769. The van der Waals surface area contributed by atoms with Crippen LogP contribution in [0.2, 0.25) is 0 Å². The third-order valence-electron chi connectivity index (χ3n) is 3.87. The maximum atomic E-state index is 12.1. The summed E-state index contributed by atoms with van der Waals surface area (Å²) in [6.07, 6.45) is 5.57. The molecule has 2 fully saturated rings. The topological polar surface area (TPSA) is 73.9 Å². The van der Waals surface area contributed by atoms with Crippen molar-refractivity contribution < 1.29 is 4.79 Å². The standard InChI is InChI=1S/C13H21N5O/c1-2-14-13(19)18-8-4-3-5-10(18)12-15-11(16-17-12)9-6-7-9/h9-10H,2-8H2,1H3,(H,14,19)(H,15,16,17). The van der Waals surface area contributed by atoms with Crippen LogP contribution in [0.4, 0.5) is 4.79 Å². The number of hydrogen-bond donors (Lipinski definition) is 2. The minimum Gasteiger partial charge on any atom is -0.338 e. The van der Waals surface area contributed by atoms with E-state index in [-0.39, 0.29) is 12.1 Å². The van der Waals surface area contributed by atoms with E-state index in [1.165, 1.54) is 12.8 Å². The molecule has 104 valence electrons. The monoisotopic (exact) mass is 263 g/mol. The van der Waals surface area contributed by atoms with E-state index in [2.05, 4.69) is 20.5 Å². The predicted octanol–water partition coefficient (Wildman–Crippen LogP) is 1.94. The fourth-order valence-electron chi connectivity index (χ4n) is 2.67. The van der Waals surface area contributed by atoms with E-state index in [0.717, 1.165) is 37.5 Å². The molecule has 1 atom stereocenters. The molecule has 0 bridgehead atoms. The van der Waals surface area contributed by atoms with E-state index < -0.39 is 0 Å². The van der Waals surface area contributed by atoms with Crippen molar-refractivity contribution in [3.63, 3.8) is 0 Å². The Morgan fingerprint density at radius 2 is 2.26 bits per heavy atom. The zero-order valence-electron chi connectivity index (χ0n) is 11.4. The third kappa shape index (κ3) is 2.57. The van der Waals surface area contributed by atoms with Gasteiger partial charge in [0, 0.05) is 19.0 Å². The van der Waals surface area contributed by atoms with Crippen LogP contribution in [0.15, 0.2) is 0 Å². The van der Waals surface area contributed by atoms with Gasteiger partial charge in [-0.2, -0.15) is 5.10 Å². The highest BCUT2D eigenvalue weighted by Crippen LogP contribution is 2.38. The van der Waals surface area contributed by atoms with E-state index in [4.69, 9.17) is 0 Å². The van der Waals surface area contributed by atoms with Crippen LogP contribution < -0.4 is 5.32 Å². The van der Waals surface area contributed by atoms with Crippen LogP contribution in [-0.2, 0) is 0 Å². The second kappa shape index (κ2) is 5.19. The molecule has 1 unspecified atom stereocenters. The van der Waals surface area contributed by atoms with Gasteiger partial charge < -0.3 is 10.2 Å². The Labute approximate surface area is 113 Å². The molecule has 2 heterocycles. The summed E-state index contributed by atoms with van der Waals surface area (Å²) in [7, 11) is 0. The van der Waals surface area contributed by atoms with E-state index >= 15 is 0 Å². The smallest absolute Gasteiger partial charge is 0.318 e. The van der Waals surface area contributed by atoms with Crippen LogP contribution in [0.5, 0.6) is 0 Å². The largest absolute Gasteiger partial charge is 0.338 e. The molecule has 6 nitrogen and oxygen atoms in total. The number of urea groups is 1. The minimum absolute atomic E-state index is 0.0107. The molecule has 0 radical (unpaired) electrons. The van der Waals surface area contributed by atoms with Crippen molar-refractivity contribution >= 4 is 6.03 Å². The van der Waals surface area contributed by atoms with Gasteiger partial charge in [0.1, 0.15) is 5.82 Å². The number of piperidine rings is 1. The highest BCUT2D eigenvalue weighted by Gasteiger charge is 2.33. The fourth-order valence-corrected chi connectivity index (χ4v) is 2.67. The number of rotatable bonds is 3. The van der Waals surface area contributed by atoms with Gasteiger partial charge in [-0.25, -0.2) is 9.78 Å². The van der Waals surface area contributed by atoms with E-state index in [9.17, 15) is 4.79 Å². The maximum absolute atomic E-state index is 12.1. The average molecular weight is 263 g/mol. The van der Waals surface area contributed by atoms with Crippen LogP contribution in [0, 0.1) is 0 Å². The van der Waals surface area contributed by atoms with Crippen molar-refractivity contribution in [3.8, 4) is 0 Å². The highest BCUT2D eigenvalue weighted by atomic mass is 16.2. The Bertz CT molecular complexity index is 454. The van der Waals surface area contributed by atoms with E-state index in [0.29, 0.717) is 12.5 Å². The molecule has 0 aromatic carbocycles. The molecule has 1 aliphatic heterocycles. The molecular weight excluding hydrogens is 242 g/mol. The summed E-state index contributed by atoms with van der Waals surface area (Å²) in [6, 6.07) is 0.0665. The van der Waals surface area contributed by atoms with Crippen molar-refractivity contribution in [2.45, 2.75) is 51.0 Å². The van der Waals surface area contributed by atoms with Gasteiger partial charge in [0.05, 0.1) is 6.04 Å². The van der Waals surface area contributed by atoms with Crippen molar-refractivity contribution in [2.24, 2.45) is 0 Å². The predicted molar refractivity (Wildman–Crippen MR) is 70.7 cm³/mol. The summed E-state index contributed by atoms with van der Waals surface area (Å²) in [5.74, 6) is 2.33. The number of amides is 2. The molecular formula is C13H21N5O. The zero-order valence-corrected chi connectivity index (χ0v) is 11.4. The molecule has 3 rings (SSSR count). The lowest BCUT2D eigenvalue weighted by Crippen LogP contribution is -2.44. The van der Waals surface area contributed by atoms with Gasteiger partial charge in [0.2, 0.25) is 0 Å². The van der Waals surface area contributed by atoms with Crippen molar-refractivity contribution in [3.05, 3.63) is 11.6 Å². The average Bonchev–Trinajstić information content (AvgIpc) is 3.17. The van der Waals surface area contributed by atoms with Crippen LogP contribution in [0.25, 0.3) is 0 Å². The van der Waals surface area contributed by atoms with Crippen molar-refractivity contribution in [1.82, 2.24) is 25.4 Å². The number of H-pyrrole nitrogens is 1. The number of carbonyl (C=O) groups is 1. The van der Waals surface area contributed by atoms with Crippen LogP contribution in [0.1, 0.15) is 62.6 Å². The van der Waals surface area contributed by atoms with Gasteiger partial charge in [-0.15, -0.1) is 0 Å². The summed E-state index contributed by atoms with van der Waals surface area (Å²) in [5.41, 5.74) is 0. The first-order valence-electron chi connectivity index (χ1n) is 7.26. The SMILES string of the molecule is CCNC(=O)N1CCCCC1c1nc(C2CC2)n[nH]1. The minimum atomic E-state index is 0.0107. The van der Waals surface area contributed by atoms with E-state index in [1.54, 1.807) is 0 Å². The van der Waals surface area contributed by atoms with Gasteiger partial charge >= 0.3 is 6.03 Å². The number of nitrogens with one attached hydrogen (secondary N) is 2. The Morgan fingerprint density at radius 1 is 1.42 bits per heavy atom. The van der Waals surface area contributed by atoms with Gasteiger partial charge in [-0.3, -0.25) is 5.10 Å². The molecule has 0 spiro atoms. The van der Waals surface area contributed by atoms with E-state index in [1.807, 2.05) is 11.8 Å². The molecule has 1 aromatic heterocycles. The first kappa shape index (κ1) is 12.4. The summed E-state index contributed by atoms with van der Waals surface area (Å²) >= 11 is 0. The lowest BCUT2D eigenvalue weighted by molar-refractivity contribution is 0.148. The Morgan fingerprint density at radius 3 is 3.00 bits per heavy atom. The number of aromatic nitrogens is 3. The number of nitrogens with zero attached hydrogens (tertiary/aromatic N) is 3. The van der Waals surface area contributed by atoms with Gasteiger partial charge in [-0.1, -0.05) is 0 Å². The second-order valence-electron chi connectivity index (χ2n) is 5.39. The molecule has 1 aromatic rings. The van der Waals surface area contributed by atoms with Crippen LogP contribution >= 0.6 is 0 Å². The number of carbonyl (C=O) groups excluding carboxylic acids is 1. The Balaban J connectivity index is 1.76. The van der Waals surface area contributed by atoms with Gasteiger partial charge in [0.15, 0.2) is 5.82 Å². The zero-order chi connectivity index (χ0) is 13.2. The third-order valence-corrected chi connectivity index (χ3v) is 3.87. The molecule has 2 N–H and O–H groups in total. The van der Waals surface area contributed by atoms with Gasteiger partial charge in [-0.05, 0) is 39.0 Å². The molecule has 1 aliphatic carbocycles. The van der Waals surface area contributed by atoms with Gasteiger partial charge in [0.25, 0.3) is 0 Å². The Hall–Kier alpha value is -1.59. The van der Waals surface area contributed by atoms with Crippen LogP contribution in [0.3, 0.4) is 0 Å². The highest BCUT2D eigenvalue weighted by molar-refractivity contribution is 5.74. The molecule has 2 amide bonds. The van der Waals surface area contributed by atoms with Crippen molar-refractivity contribution in [2.75, 3.05) is 13.1 Å². The number of hydrogen-bond acceptors (Lipinski definition) is 3. The summed E-state index contributed by atoms with van der Waals surface area (Å²) in [4.78, 5) is 18.6. The first-order valence-corrected chi connectivity index (χ1v) is 7.26. The van der Waals surface area contributed by atoms with Crippen molar-refractivity contribution in [1.29, 1.82) is 0 Å². The Kier molecular flexibility index (Phi) is 3.40. The number of aromatic amines is 1. The molecule has 1 saturated carbocycles. The first-order chi connectivity index (χ1) is 9.29. The normalized spacial score (nSPS) is 23.4. The quantitative estimate of drug-likeness (QED) is 0.875. The summed E-state index contributed by atoms with van der Waals surface area (Å²) in [5, 5.41) is 10.2.